The number of rotatable bonds is 24. The first kappa shape index (κ1) is 36.9. The zero-order chi connectivity index (χ0) is 30.3. The number of hydrogen-bond acceptors (Lipinski definition) is 7. The van der Waals surface area contributed by atoms with Gasteiger partial charge in [0.2, 0.25) is 5.91 Å². The van der Waals surface area contributed by atoms with Crippen molar-refractivity contribution in [2.75, 3.05) is 26.4 Å². The van der Waals surface area contributed by atoms with Gasteiger partial charge in [-0.15, -0.1) is 0 Å². The third-order valence-electron chi connectivity index (χ3n) is 8.02. The van der Waals surface area contributed by atoms with Crippen LogP contribution in [0.1, 0.15) is 143 Å². The zero-order valence-electron chi connectivity index (χ0n) is 26.6. The number of likely N-dealkylation sites (tertiary alicyclic amines) is 1. The maximum absolute atomic E-state index is 12.8. The molecule has 0 N–H and O–H groups in total. The average molecular weight is 582 g/mol. The summed E-state index contributed by atoms with van der Waals surface area (Å²) in [4.78, 5) is 52.4. The van der Waals surface area contributed by atoms with Crippen LogP contribution in [0.4, 0.5) is 0 Å². The fourth-order valence-corrected chi connectivity index (χ4v) is 5.18. The van der Waals surface area contributed by atoms with Crippen molar-refractivity contribution in [2.45, 2.75) is 149 Å². The van der Waals surface area contributed by atoms with Crippen LogP contribution in [0.15, 0.2) is 0 Å². The molecule has 8 nitrogen and oxygen atoms in total. The van der Waals surface area contributed by atoms with E-state index in [1.54, 1.807) is 0 Å². The molecule has 0 spiro atoms. The predicted molar refractivity (Wildman–Crippen MR) is 161 cm³/mol. The SMILES string of the molecule is CCCCCCCCOC(=O)CC(CC(=O)OCCCCCCCC)CC(=O)OCC1CCCN1C(=O)C(C)CC. The van der Waals surface area contributed by atoms with E-state index in [0.29, 0.717) is 19.8 Å². The Hall–Kier alpha value is -2.12. The van der Waals surface area contributed by atoms with Crippen molar-refractivity contribution >= 4 is 23.8 Å². The number of esters is 3. The number of carbonyl (C=O) groups excluding carboxylic acids is 4. The van der Waals surface area contributed by atoms with Gasteiger partial charge >= 0.3 is 17.9 Å². The highest BCUT2D eigenvalue weighted by atomic mass is 16.5. The maximum Gasteiger partial charge on any atom is 0.306 e. The fourth-order valence-electron chi connectivity index (χ4n) is 5.18. The van der Waals surface area contributed by atoms with Crippen LogP contribution in [-0.4, -0.2) is 61.1 Å². The summed E-state index contributed by atoms with van der Waals surface area (Å²) in [6, 6.07) is -0.122. The second-order valence-corrected chi connectivity index (χ2v) is 11.8. The molecule has 1 saturated heterocycles. The van der Waals surface area contributed by atoms with Gasteiger partial charge in [0.25, 0.3) is 0 Å². The summed E-state index contributed by atoms with van der Waals surface area (Å²) >= 11 is 0. The normalized spacial score (nSPS) is 15.6. The van der Waals surface area contributed by atoms with Gasteiger partial charge in [0, 0.05) is 31.7 Å². The number of ether oxygens (including phenoxy) is 3. The van der Waals surface area contributed by atoms with E-state index in [1.807, 2.05) is 18.7 Å². The summed E-state index contributed by atoms with van der Waals surface area (Å²) in [6.07, 6.45) is 15.5. The lowest BCUT2D eigenvalue weighted by Gasteiger charge is -2.27. The largest absolute Gasteiger partial charge is 0.466 e. The molecule has 1 aliphatic heterocycles. The van der Waals surface area contributed by atoms with Crippen molar-refractivity contribution in [3.63, 3.8) is 0 Å². The standard InChI is InChI=1S/C33H59NO7/c1-5-8-10-12-14-16-21-39-30(35)23-28(24-31(36)40-22-17-15-13-11-9-6-2)25-32(37)41-26-29-19-18-20-34(29)33(38)27(4)7-3/h27-29H,5-26H2,1-4H3. The van der Waals surface area contributed by atoms with E-state index in [-0.39, 0.29) is 43.7 Å². The van der Waals surface area contributed by atoms with Crippen LogP contribution < -0.4 is 0 Å². The second kappa shape index (κ2) is 23.4. The van der Waals surface area contributed by atoms with Crippen molar-refractivity contribution in [1.29, 1.82) is 0 Å². The van der Waals surface area contributed by atoms with Crippen LogP contribution in [-0.2, 0) is 33.4 Å². The molecule has 1 fully saturated rings. The van der Waals surface area contributed by atoms with Gasteiger partial charge in [0.15, 0.2) is 0 Å². The monoisotopic (exact) mass is 581 g/mol. The van der Waals surface area contributed by atoms with Crippen LogP contribution >= 0.6 is 0 Å². The fraction of sp³-hybridized carbons (Fsp3) is 0.879. The van der Waals surface area contributed by atoms with Crippen molar-refractivity contribution in [1.82, 2.24) is 4.90 Å². The highest BCUT2D eigenvalue weighted by Crippen LogP contribution is 2.22. The van der Waals surface area contributed by atoms with E-state index in [1.165, 1.54) is 38.5 Å². The van der Waals surface area contributed by atoms with Crippen molar-refractivity contribution in [3.8, 4) is 0 Å². The maximum atomic E-state index is 12.8. The minimum atomic E-state index is -0.543. The minimum absolute atomic E-state index is 0.0287. The molecule has 1 amide bonds. The highest BCUT2D eigenvalue weighted by molar-refractivity contribution is 5.79. The summed E-state index contributed by atoms with van der Waals surface area (Å²) in [5.74, 6) is -1.77. The van der Waals surface area contributed by atoms with E-state index in [9.17, 15) is 19.2 Å². The van der Waals surface area contributed by atoms with Gasteiger partial charge in [0.1, 0.15) is 6.61 Å². The molecule has 0 aromatic rings. The molecule has 1 rings (SSSR count). The number of amides is 1. The molecule has 0 aromatic heterocycles. The molecular weight excluding hydrogens is 522 g/mol. The van der Waals surface area contributed by atoms with Crippen LogP contribution in [0.2, 0.25) is 0 Å². The Bertz CT molecular complexity index is 709. The molecule has 41 heavy (non-hydrogen) atoms. The number of unbranched alkanes of at least 4 members (excludes halogenated alkanes) is 10. The molecule has 0 radical (unpaired) electrons. The van der Waals surface area contributed by atoms with E-state index in [0.717, 1.165) is 57.8 Å². The Labute approximate surface area is 249 Å². The van der Waals surface area contributed by atoms with E-state index < -0.39 is 23.8 Å². The topological polar surface area (TPSA) is 99.2 Å². The lowest BCUT2D eigenvalue weighted by Crippen LogP contribution is -2.41. The van der Waals surface area contributed by atoms with E-state index >= 15 is 0 Å². The molecule has 1 heterocycles. The minimum Gasteiger partial charge on any atom is -0.466 e. The molecule has 2 atom stereocenters. The summed E-state index contributed by atoms with van der Waals surface area (Å²) in [6.45, 7) is 9.80. The molecule has 0 bridgehead atoms. The lowest BCUT2D eigenvalue weighted by molar-refractivity contribution is -0.152. The lowest BCUT2D eigenvalue weighted by atomic mass is 9.97. The molecule has 0 aliphatic carbocycles. The zero-order valence-corrected chi connectivity index (χ0v) is 26.6. The molecule has 238 valence electrons. The van der Waals surface area contributed by atoms with Gasteiger partial charge in [-0.25, -0.2) is 0 Å². The smallest absolute Gasteiger partial charge is 0.306 e. The molecule has 0 aromatic carbocycles. The average Bonchev–Trinajstić information content (AvgIpc) is 3.43. The van der Waals surface area contributed by atoms with E-state index in [2.05, 4.69) is 13.8 Å². The molecule has 1 aliphatic rings. The van der Waals surface area contributed by atoms with Gasteiger partial charge in [-0.2, -0.15) is 0 Å². The summed E-state index contributed by atoms with van der Waals surface area (Å²) < 4.78 is 16.4. The van der Waals surface area contributed by atoms with Crippen molar-refractivity contribution in [2.24, 2.45) is 11.8 Å². The second-order valence-electron chi connectivity index (χ2n) is 11.8. The van der Waals surface area contributed by atoms with Crippen molar-refractivity contribution in [3.05, 3.63) is 0 Å². The third kappa shape index (κ3) is 17.4. The van der Waals surface area contributed by atoms with Gasteiger partial charge < -0.3 is 19.1 Å². The number of hydrogen-bond donors (Lipinski definition) is 0. The van der Waals surface area contributed by atoms with Gasteiger partial charge in [-0.3, -0.25) is 19.2 Å². The molecule has 0 saturated carbocycles. The van der Waals surface area contributed by atoms with Crippen LogP contribution in [0.3, 0.4) is 0 Å². The third-order valence-corrected chi connectivity index (χ3v) is 8.02. The summed E-state index contributed by atoms with van der Waals surface area (Å²) in [5.41, 5.74) is 0. The predicted octanol–water partition coefficient (Wildman–Crippen LogP) is 7.16. The van der Waals surface area contributed by atoms with Gasteiger partial charge in [-0.1, -0.05) is 91.9 Å². The van der Waals surface area contributed by atoms with Crippen LogP contribution in [0.5, 0.6) is 0 Å². The quantitative estimate of drug-likeness (QED) is 0.0677. The van der Waals surface area contributed by atoms with Crippen LogP contribution in [0.25, 0.3) is 0 Å². The first-order valence-electron chi connectivity index (χ1n) is 16.6. The Morgan fingerprint density at radius 1 is 0.683 bits per heavy atom. The first-order valence-corrected chi connectivity index (χ1v) is 16.6. The Morgan fingerprint density at radius 2 is 1.15 bits per heavy atom. The Kier molecular flexibility index (Phi) is 21.1. The summed E-state index contributed by atoms with van der Waals surface area (Å²) in [5, 5.41) is 0. The van der Waals surface area contributed by atoms with Crippen LogP contribution in [0, 0.1) is 11.8 Å². The molecular formula is C33H59NO7. The Balaban J connectivity index is 2.55. The number of nitrogens with zero attached hydrogens (tertiary/aromatic N) is 1. The Morgan fingerprint density at radius 3 is 1.63 bits per heavy atom. The molecule has 2 unspecified atom stereocenters. The van der Waals surface area contributed by atoms with Gasteiger partial charge in [0.05, 0.1) is 19.3 Å². The first-order chi connectivity index (χ1) is 19.8. The highest BCUT2D eigenvalue weighted by Gasteiger charge is 2.32. The number of carbonyl (C=O) groups is 4. The van der Waals surface area contributed by atoms with Gasteiger partial charge in [-0.05, 0) is 38.0 Å². The van der Waals surface area contributed by atoms with Crippen molar-refractivity contribution < 1.29 is 33.4 Å². The summed E-state index contributed by atoms with van der Waals surface area (Å²) in [7, 11) is 0. The van der Waals surface area contributed by atoms with E-state index in [4.69, 9.17) is 14.2 Å². The molecule has 8 heteroatoms.